The van der Waals surface area contributed by atoms with Crippen molar-refractivity contribution >= 4 is 23.4 Å². The van der Waals surface area contributed by atoms with Gasteiger partial charge in [-0.15, -0.1) is 0 Å². The average molecular weight is 333 g/mol. The second-order valence-corrected chi connectivity index (χ2v) is 5.31. The number of nitrogens with one attached hydrogen (secondary N) is 2. The lowest BCUT2D eigenvalue weighted by Gasteiger charge is -2.14. The zero-order chi connectivity index (χ0) is 16.8. The van der Waals surface area contributed by atoms with Gasteiger partial charge in [0.15, 0.2) is 0 Å². The molecule has 0 fully saturated rings. The largest absolute Gasteiger partial charge is 0.387 e. The molecule has 3 N–H and O–H groups in total. The van der Waals surface area contributed by atoms with Gasteiger partial charge in [0, 0.05) is 35.3 Å². The molecular formula is C17H17ClN2O3. The lowest BCUT2D eigenvalue weighted by atomic mass is 10.1. The number of benzene rings is 2. The zero-order valence-corrected chi connectivity index (χ0v) is 13.3. The van der Waals surface area contributed by atoms with Crippen LogP contribution in [0.5, 0.6) is 0 Å². The van der Waals surface area contributed by atoms with Gasteiger partial charge in [-0.05, 0) is 24.3 Å². The third kappa shape index (κ3) is 4.31. The standard InChI is InChI=1S/C17H17ClN2O3/c1-19-16(22)11-5-4-6-12(9-11)17(23)20-10-15(21)13-7-2-3-8-14(13)18/h2-9,15,21H,10H2,1H3,(H,19,22)(H,20,23)/t15-/m1/s1. The summed E-state index contributed by atoms with van der Waals surface area (Å²) in [6.07, 6.45) is -0.908. The van der Waals surface area contributed by atoms with Crippen LogP contribution in [0.2, 0.25) is 5.02 Å². The molecule has 0 radical (unpaired) electrons. The maximum Gasteiger partial charge on any atom is 0.251 e. The summed E-state index contributed by atoms with van der Waals surface area (Å²) in [5.41, 5.74) is 1.29. The molecule has 2 aromatic carbocycles. The molecule has 0 heterocycles. The summed E-state index contributed by atoms with van der Waals surface area (Å²) in [6, 6.07) is 13.2. The van der Waals surface area contributed by atoms with Gasteiger partial charge in [-0.3, -0.25) is 9.59 Å². The first-order valence-electron chi connectivity index (χ1n) is 7.05. The van der Waals surface area contributed by atoms with Crippen molar-refractivity contribution in [1.82, 2.24) is 10.6 Å². The second-order valence-electron chi connectivity index (χ2n) is 4.91. The monoisotopic (exact) mass is 332 g/mol. The van der Waals surface area contributed by atoms with E-state index in [0.29, 0.717) is 21.7 Å². The van der Waals surface area contributed by atoms with Crippen molar-refractivity contribution in [2.24, 2.45) is 0 Å². The van der Waals surface area contributed by atoms with Gasteiger partial charge in [0.05, 0.1) is 6.10 Å². The molecule has 0 unspecified atom stereocenters. The first kappa shape index (κ1) is 17.0. The van der Waals surface area contributed by atoms with E-state index in [1.54, 1.807) is 42.5 Å². The van der Waals surface area contributed by atoms with E-state index in [1.807, 2.05) is 0 Å². The molecule has 6 heteroatoms. The molecule has 0 saturated carbocycles. The predicted octanol–water partition coefficient (Wildman–Crippen LogP) is 2.16. The Morgan fingerprint density at radius 3 is 2.39 bits per heavy atom. The Balaban J connectivity index is 2.02. The first-order chi connectivity index (χ1) is 11.0. The molecule has 0 aliphatic rings. The number of halogens is 1. The molecule has 120 valence electrons. The van der Waals surface area contributed by atoms with Crippen molar-refractivity contribution in [3.63, 3.8) is 0 Å². The molecule has 1 atom stereocenters. The number of rotatable bonds is 5. The Morgan fingerprint density at radius 1 is 1.09 bits per heavy atom. The van der Waals surface area contributed by atoms with Gasteiger partial charge < -0.3 is 15.7 Å². The van der Waals surface area contributed by atoms with E-state index in [9.17, 15) is 14.7 Å². The maximum absolute atomic E-state index is 12.1. The lowest BCUT2D eigenvalue weighted by molar-refractivity contribution is 0.0916. The minimum absolute atomic E-state index is 0.0206. The highest BCUT2D eigenvalue weighted by molar-refractivity contribution is 6.31. The molecule has 0 saturated heterocycles. The quantitative estimate of drug-likeness (QED) is 0.785. The van der Waals surface area contributed by atoms with E-state index in [-0.39, 0.29) is 18.4 Å². The fraction of sp³-hybridized carbons (Fsp3) is 0.176. The Hall–Kier alpha value is -2.37. The minimum Gasteiger partial charge on any atom is -0.387 e. The summed E-state index contributed by atoms with van der Waals surface area (Å²) in [7, 11) is 1.52. The van der Waals surface area contributed by atoms with Crippen molar-refractivity contribution < 1.29 is 14.7 Å². The van der Waals surface area contributed by atoms with Crippen LogP contribution in [0.4, 0.5) is 0 Å². The number of amides is 2. The van der Waals surface area contributed by atoms with Gasteiger partial charge in [-0.2, -0.15) is 0 Å². The summed E-state index contributed by atoms with van der Waals surface area (Å²) in [6.45, 7) is 0.0206. The SMILES string of the molecule is CNC(=O)c1cccc(C(=O)NC[C@@H](O)c2ccccc2Cl)c1. The third-order valence-corrected chi connectivity index (χ3v) is 3.68. The summed E-state index contributed by atoms with van der Waals surface area (Å²) in [5, 5.41) is 15.7. The Bertz CT molecular complexity index is 718. The van der Waals surface area contributed by atoms with Crippen LogP contribution in [0, 0.1) is 0 Å². The van der Waals surface area contributed by atoms with Gasteiger partial charge in [-0.1, -0.05) is 35.9 Å². The van der Waals surface area contributed by atoms with Gasteiger partial charge in [0.25, 0.3) is 11.8 Å². The first-order valence-corrected chi connectivity index (χ1v) is 7.43. The van der Waals surface area contributed by atoms with E-state index in [0.717, 1.165) is 0 Å². The summed E-state index contributed by atoms with van der Waals surface area (Å²) in [5.74, 6) is -0.641. The molecule has 0 bridgehead atoms. The number of aliphatic hydroxyl groups excluding tert-OH is 1. The van der Waals surface area contributed by atoms with E-state index in [1.165, 1.54) is 13.1 Å². The van der Waals surface area contributed by atoms with Gasteiger partial charge in [0.1, 0.15) is 0 Å². The molecule has 5 nitrogen and oxygen atoms in total. The van der Waals surface area contributed by atoms with Crippen molar-refractivity contribution in [3.05, 3.63) is 70.2 Å². The smallest absolute Gasteiger partial charge is 0.251 e. The number of carbonyl (C=O) groups is 2. The normalized spacial score (nSPS) is 11.6. The Labute approximate surface area is 139 Å². The van der Waals surface area contributed by atoms with Gasteiger partial charge in [-0.25, -0.2) is 0 Å². The van der Waals surface area contributed by atoms with Crippen LogP contribution in [-0.4, -0.2) is 30.5 Å². The average Bonchev–Trinajstić information content (AvgIpc) is 2.59. The van der Waals surface area contributed by atoms with Crippen LogP contribution in [-0.2, 0) is 0 Å². The number of aliphatic hydroxyl groups is 1. The highest BCUT2D eigenvalue weighted by Gasteiger charge is 2.14. The number of hydrogen-bond donors (Lipinski definition) is 3. The summed E-state index contributed by atoms with van der Waals surface area (Å²) >= 11 is 6.01. The summed E-state index contributed by atoms with van der Waals surface area (Å²) in [4.78, 5) is 23.7. The Morgan fingerprint density at radius 2 is 1.74 bits per heavy atom. The van der Waals surface area contributed by atoms with E-state index >= 15 is 0 Å². The van der Waals surface area contributed by atoms with Gasteiger partial charge >= 0.3 is 0 Å². The fourth-order valence-corrected chi connectivity index (χ4v) is 2.35. The number of carbonyl (C=O) groups excluding carboxylic acids is 2. The van der Waals surface area contributed by atoms with Crippen molar-refractivity contribution in [2.45, 2.75) is 6.10 Å². The summed E-state index contributed by atoms with van der Waals surface area (Å²) < 4.78 is 0. The second kappa shape index (κ2) is 7.76. The van der Waals surface area contributed by atoms with Crippen LogP contribution in [0.1, 0.15) is 32.4 Å². The van der Waals surface area contributed by atoms with Crippen molar-refractivity contribution in [2.75, 3.05) is 13.6 Å². The topological polar surface area (TPSA) is 78.4 Å². The van der Waals surface area contributed by atoms with Crippen molar-refractivity contribution in [1.29, 1.82) is 0 Å². The highest BCUT2D eigenvalue weighted by atomic mass is 35.5. The molecule has 0 spiro atoms. The van der Waals surface area contributed by atoms with Crippen LogP contribution in [0.15, 0.2) is 48.5 Å². The van der Waals surface area contributed by atoms with E-state index in [2.05, 4.69) is 10.6 Å². The fourth-order valence-electron chi connectivity index (χ4n) is 2.09. The van der Waals surface area contributed by atoms with Crippen LogP contribution in [0.25, 0.3) is 0 Å². The molecule has 23 heavy (non-hydrogen) atoms. The van der Waals surface area contributed by atoms with Crippen LogP contribution in [0.3, 0.4) is 0 Å². The van der Waals surface area contributed by atoms with Crippen LogP contribution >= 0.6 is 11.6 Å². The van der Waals surface area contributed by atoms with Gasteiger partial charge in [0.2, 0.25) is 0 Å². The third-order valence-electron chi connectivity index (χ3n) is 3.33. The number of hydrogen-bond acceptors (Lipinski definition) is 3. The minimum atomic E-state index is -0.908. The zero-order valence-electron chi connectivity index (χ0n) is 12.5. The molecule has 0 aliphatic heterocycles. The van der Waals surface area contributed by atoms with Crippen molar-refractivity contribution in [3.8, 4) is 0 Å². The predicted molar refractivity (Wildman–Crippen MR) is 88.6 cm³/mol. The molecular weight excluding hydrogens is 316 g/mol. The molecule has 0 aromatic heterocycles. The highest BCUT2D eigenvalue weighted by Crippen LogP contribution is 2.21. The lowest BCUT2D eigenvalue weighted by Crippen LogP contribution is -2.29. The molecule has 2 amide bonds. The van der Waals surface area contributed by atoms with E-state index in [4.69, 9.17) is 11.6 Å². The van der Waals surface area contributed by atoms with Crippen LogP contribution < -0.4 is 10.6 Å². The molecule has 0 aliphatic carbocycles. The maximum atomic E-state index is 12.1. The molecule has 2 aromatic rings. The molecule has 2 rings (SSSR count). The van der Waals surface area contributed by atoms with E-state index < -0.39 is 6.10 Å². The Kier molecular flexibility index (Phi) is 5.73.